The first-order valence-electron chi connectivity index (χ1n) is 9.65. The van der Waals surface area contributed by atoms with E-state index in [2.05, 4.69) is 52.7 Å². The third kappa shape index (κ3) is 5.23. The van der Waals surface area contributed by atoms with Crippen LogP contribution in [0.2, 0.25) is 0 Å². The molecule has 26 heavy (non-hydrogen) atoms. The Kier molecular flexibility index (Phi) is 7.35. The van der Waals surface area contributed by atoms with Gasteiger partial charge in [-0.1, -0.05) is 30.3 Å². The van der Waals surface area contributed by atoms with Crippen molar-refractivity contribution in [2.24, 2.45) is 0 Å². The average Bonchev–Trinajstić information content (AvgIpc) is 2.72. The zero-order valence-electron chi connectivity index (χ0n) is 15.7. The van der Waals surface area contributed by atoms with E-state index in [0.29, 0.717) is 0 Å². The maximum atomic E-state index is 6.06. The Labute approximate surface area is 157 Å². The Bertz CT molecular complexity index is 651. The third-order valence-electron chi connectivity index (χ3n) is 4.80. The quantitative estimate of drug-likeness (QED) is 0.691. The van der Waals surface area contributed by atoms with Crippen LogP contribution in [0.15, 0.2) is 48.5 Å². The van der Waals surface area contributed by atoms with Crippen molar-refractivity contribution in [2.75, 3.05) is 51.4 Å². The Hall–Kier alpha value is -2.04. The monoisotopic (exact) mass is 354 g/mol. The van der Waals surface area contributed by atoms with Crippen LogP contribution in [-0.4, -0.2) is 46.5 Å². The molecule has 140 valence electrons. The van der Waals surface area contributed by atoms with Gasteiger partial charge in [0.2, 0.25) is 0 Å². The minimum Gasteiger partial charge on any atom is -0.493 e. The molecule has 2 aromatic carbocycles. The van der Waals surface area contributed by atoms with E-state index < -0.39 is 0 Å². The minimum absolute atomic E-state index is 0.750. The molecule has 1 aliphatic heterocycles. The van der Waals surface area contributed by atoms with Crippen LogP contribution in [0, 0.1) is 0 Å². The lowest BCUT2D eigenvalue weighted by atomic mass is 10.0. The van der Waals surface area contributed by atoms with Gasteiger partial charge in [0.1, 0.15) is 5.75 Å². The van der Waals surface area contributed by atoms with Gasteiger partial charge in [-0.15, -0.1) is 0 Å². The van der Waals surface area contributed by atoms with Crippen LogP contribution in [0.4, 0.5) is 5.69 Å². The second-order valence-corrected chi connectivity index (χ2v) is 6.68. The Morgan fingerprint density at radius 3 is 2.38 bits per heavy atom. The Morgan fingerprint density at radius 1 is 0.885 bits per heavy atom. The fraction of sp³-hybridized carbons (Fsp3) is 0.455. The lowest BCUT2D eigenvalue weighted by Gasteiger charge is -2.29. The molecule has 1 fully saturated rings. The summed E-state index contributed by atoms with van der Waals surface area (Å²) in [5.74, 6) is 0.967. The highest BCUT2D eigenvalue weighted by Gasteiger charge is 2.11. The van der Waals surface area contributed by atoms with Crippen LogP contribution in [-0.2, 0) is 4.74 Å². The molecule has 0 bridgehead atoms. The summed E-state index contributed by atoms with van der Waals surface area (Å²) in [6.45, 7) is 5.84. The number of rotatable bonds is 9. The zero-order chi connectivity index (χ0) is 18.0. The fourth-order valence-corrected chi connectivity index (χ4v) is 3.31. The average molecular weight is 354 g/mol. The molecule has 4 heteroatoms. The SMILES string of the molecule is COCCCCCOc1ccccc1-c1ccc(N2CCNCC2)cc1. The molecule has 0 atom stereocenters. The summed E-state index contributed by atoms with van der Waals surface area (Å²) in [5.41, 5.74) is 3.67. The maximum absolute atomic E-state index is 6.06. The van der Waals surface area contributed by atoms with E-state index in [1.165, 1.54) is 11.3 Å². The van der Waals surface area contributed by atoms with E-state index in [1.807, 2.05) is 6.07 Å². The molecule has 0 amide bonds. The number of nitrogens with one attached hydrogen (secondary N) is 1. The maximum Gasteiger partial charge on any atom is 0.127 e. The summed E-state index contributed by atoms with van der Waals surface area (Å²) in [6.07, 6.45) is 3.28. The smallest absolute Gasteiger partial charge is 0.127 e. The molecule has 0 spiro atoms. The van der Waals surface area contributed by atoms with Gasteiger partial charge >= 0.3 is 0 Å². The molecule has 1 saturated heterocycles. The van der Waals surface area contributed by atoms with E-state index in [-0.39, 0.29) is 0 Å². The minimum atomic E-state index is 0.750. The summed E-state index contributed by atoms with van der Waals surface area (Å²) >= 11 is 0. The van der Waals surface area contributed by atoms with E-state index in [4.69, 9.17) is 9.47 Å². The molecular formula is C22H30N2O2. The van der Waals surface area contributed by atoms with Crippen molar-refractivity contribution in [3.8, 4) is 16.9 Å². The normalized spacial score (nSPS) is 14.4. The van der Waals surface area contributed by atoms with Crippen molar-refractivity contribution in [1.29, 1.82) is 0 Å². The Balaban J connectivity index is 1.61. The number of hydrogen-bond acceptors (Lipinski definition) is 4. The number of benzene rings is 2. The number of nitrogens with zero attached hydrogens (tertiary/aromatic N) is 1. The van der Waals surface area contributed by atoms with Crippen molar-refractivity contribution in [3.63, 3.8) is 0 Å². The largest absolute Gasteiger partial charge is 0.493 e. The van der Waals surface area contributed by atoms with Crippen molar-refractivity contribution in [2.45, 2.75) is 19.3 Å². The van der Waals surface area contributed by atoms with Crippen LogP contribution in [0.1, 0.15) is 19.3 Å². The lowest BCUT2D eigenvalue weighted by Crippen LogP contribution is -2.43. The molecule has 1 heterocycles. The predicted molar refractivity (Wildman–Crippen MR) is 108 cm³/mol. The zero-order valence-corrected chi connectivity index (χ0v) is 15.7. The first-order chi connectivity index (χ1) is 12.9. The number of methoxy groups -OCH3 is 1. The topological polar surface area (TPSA) is 33.7 Å². The van der Waals surface area contributed by atoms with Gasteiger partial charge in [0.15, 0.2) is 0 Å². The number of anilines is 1. The summed E-state index contributed by atoms with van der Waals surface area (Å²) in [7, 11) is 1.75. The van der Waals surface area contributed by atoms with E-state index in [9.17, 15) is 0 Å². The van der Waals surface area contributed by atoms with Gasteiger partial charge in [0.05, 0.1) is 6.61 Å². The molecular weight excluding hydrogens is 324 g/mol. The highest BCUT2D eigenvalue weighted by molar-refractivity contribution is 5.72. The summed E-state index contributed by atoms with van der Waals surface area (Å²) < 4.78 is 11.1. The summed E-state index contributed by atoms with van der Waals surface area (Å²) in [6, 6.07) is 17.2. The molecule has 0 saturated carbocycles. The van der Waals surface area contributed by atoms with Crippen LogP contribution in [0.5, 0.6) is 5.75 Å². The number of ether oxygens (including phenoxy) is 2. The summed E-state index contributed by atoms with van der Waals surface area (Å²) in [4.78, 5) is 2.43. The second kappa shape index (κ2) is 10.2. The molecule has 0 aromatic heterocycles. The fourth-order valence-electron chi connectivity index (χ4n) is 3.31. The number of piperazine rings is 1. The van der Waals surface area contributed by atoms with Gasteiger partial charge in [-0.3, -0.25) is 0 Å². The summed E-state index contributed by atoms with van der Waals surface area (Å²) in [5, 5.41) is 3.40. The molecule has 0 unspecified atom stereocenters. The second-order valence-electron chi connectivity index (χ2n) is 6.68. The molecule has 3 rings (SSSR count). The predicted octanol–water partition coefficient (Wildman–Crippen LogP) is 3.96. The number of para-hydroxylation sites is 1. The lowest BCUT2D eigenvalue weighted by molar-refractivity contribution is 0.189. The first kappa shape index (κ1) is 18.7. The Morgan fingerprint density at radius 2 is 1.62 bits per heavy atom. The van der Waals surface area contributed by atoms with Gasteiger partial charge in [-0.2, -0.15) is 0 Å². The molecule has 4 nitrogen and oxygen atoms in total. The van der Waals surface area contributed by atoms with Gasteiger partial charge < -0.3 is 19.7 Å². The van der Waals surface area contributed by atoms with Crippen molar-refractivity contribution >= 4 is 5.69 Å². The van der Waals surface area contributed by atoms with Gasteiger partial charge in [-0.25, -0.2) is 0 Å². The number of hydrogen-bond donors (Lipinski definition) is 1. The van der Waals surface area contributed by atoms with Crippen molar-refractivity contribution in [3.05, 3.63) is 48.5 Å². The first-order valence-corrected chi connectivity index (χ1v) is 9.65. The van der Waals surface area contributed by atoms with Gasteiger partial charge in [0.25, 0.3) is 0 Å². The van der Waals surface area contributed by atoms with Crippen LogP contribution >= 0.6 is 0 Å². The van der Waals surface area contributed by atoms with Gasteiger partial charge in [-0.05, 0) is 43.0 Å². The van der Waals surface area contributed by atoms with Crippen LogP contribution < -0.4 is 15.0 Å². The standard InChI is InChI=1S/C22H30N2O2/c1-25-17-5-2-6-18-26-22-8-4-3-7-21(22)19-9-11-20(12-10-19)24-15-13-23-14-16-24/h3-4,7-12,23H,2,5-6,13-18H2,1H3. The van der Waals surface area contributed by atoms with Crippen LogP contribution in [0.3, 0.4) is 0 Å². The highest BCUT2D eigenvalue weighted by Crippen LogP contribution is 2.31. The van der Waals surface area contributed by atoms with Crippen molar-refractivity contribution < 1.29 is 9.47 Å². The molecule has 0 radical (unpaired) electrons. The molecule has 2 aromatic rings. The van der Waals surface area contributed by atoms with E-state index in [1.54, 1.807) is 7.11 Å². The highest BCUT2D eigenvalue weighted by atomic mass is 16.5. The number of unbranched alkanes of at least 4 members (excludes halogenated alkanes) is 2. The molecule has 0 aliphatic carbocycles. The van der Waals surface area contributed by atoms with Crippen LogP contribution in [0.25, 0.3) is 11.1 Å². The molecule has 1 aliphatic rings. The molecule has 1 N–H and O–H groups in total. The van der Waals surface area contributed by atoms with Crippen molar-refractivity contribution in [1.82, 2.24) is 5.32 Å². The van der Waals surface area contributed by atoms with Gasteiger partial charge in [0, 0.05) is 51.1 Å². The van der Waals surface area contributed by atoms with E-state index >= 15 is 0 Å². The van der Waals surface area contributed by atoms with E-state index in [0.717, 1.165) is 70.0 Å². The third-order valence-corrected chi connectivity index (χ3v) is 4.80.